The monoisotopic (exact) mass is 261 g/mol. The first-order chi connectivity index (χ1) is 7.18. The van der Waals surface area contributed by atoms with Crippen molar-refractivity contribution in [3.63, 3.8) is 0 Å². The summed E-state index contributed by atoms with van der Waals surface area (Å²) in [6, 6.07) is 9.40. The molecule has 0 N–H and O–H groups in total. The average Bonchev–Trinajstić information content (AvgIpc) is 2.62. The third-order valence-corrected chi connectivity index (χ3v) is 3.66. The molecule has 16 heavy (non-hydrogen) atoms. The summed E-state index contributed by atoms with van der Waals surface area (Å²) in [6.45, 7) is 1.80. The van der Waals surface area contributed by atoms with Crippen LogP contribution in [-0.2, 0) is 11.1 Å². The first kappa shape index (κ1) is 14.0. The fourth-order valence-corrected chi connectivity index (χ4v) is 2.98. The molecule has 0 radical (unpaired) electrons. The fourth-order valence-electron chi connectivity index (χ4n) is 1.29. The van der Waals surface area contributed by atoms with Crippen molar-refractivity contribution < 1.29 is 38.3 Å². The summed E-state index contributed by atoms with van der Waals surface area (Å²) in [4.78, 5) is 4.70. The molecular formula is C10H8NNaO2S2. The largest absolute Gasteiger partial charge is 1.00 e. The number of benzene rings is 1. The summed E-state index contributed by atoms with van der Waals surface area (Å²) in [7, 11) is 0. The molecule has 3 nitrogen and oxygen atoms in total. The van der Waals surface area contributed by atoms with Crippen molar-refractivity contribution >= 4 is 22.4 Å². The van der Waals surface area contributed by atoms with Gasteiger partial charge in [-0.25, -0.2) is 4.98 Å². The van der Waals surface area contributed by atoms with Gasteiger partial charge in [0.05, 0.1) is 9.88 Å². The van der Waals surface area contributed by atoms with Crippen molar-refractivity contribution in [2.24, 2.45) is 0 Å². The standard InChI is InChI=1S/C10H9NO2S2.Na/c1-7-11-10(15(12)13)9(14-7)8-5-3-2-4-6-8;/h2-6H,1H3,(H,12,13);/q;+1/p-1. The summed E-state index contributed by atoms with van der Waals surface area (Å²) in [6.07, 6.45) is 0. The molecule has 0 saturated heterocycles. The van der Waals surface area contributed by atoms with E-state index in [0.717, 1.165) is 10.6 Å². The zero-order chi connectivity index (χ0) is 10.8. The van der Waals surface area contributed by atoms with Crippen LogP contribution in [0.25, 0.3) is 10.4 Å². The van der Waals surface area contributed by atoms with Gasteiger partial charge in [-0.15, -0.1) is 11.3 Å². The Hall–Kier alpha value is -0.0400. The number of aromatic nitrogens is 1. The van der Waals surface area contributed by atoms with Crippen LogP contribution in [0.2, 0.25) is 0 Å². The predicted molar refractivity (Wildman–Crippen MR) is 59.5 cm³/mol. The average molecular weight is 261 g/mol. The van der Waals surface area contributed by atoms with Crippen LogP contribution in [0, 0.1) is 6.92 Å². The summed E-state index contributed by atoms with van der Waals surface area (Å²) < 4.78 is 21.9. The maximum absolute atomic E-state index is 11.0. The van der Waals surface area contributed by atoms with Crippen LogP contribution in [0.5, 0.6) is 0 Å². The van der Waals surface area contributed by atoms with Crippen LogP contribution < -0.4 is 29.6 Å². The second-order valence-electron chi connectivity index (χ2n) is 2.97. The SMILES string of the molecule is Cc1nc(S(=O)[O-])c(-c2ccccc2)s1.[Na+]. The third-order valence-electron chi connectivity index (χ3n) is 1.90. The van der Waals surface area contributed by atoms with Gasteiger partial charge in [0.15, 0.2) is 0 Å². The molecule has 0 spiro atoms. The predicted octanol–water partition coefficient (Wildman–Crippen LogP) is -0.639. The summed E-state index contributed by atoms with van der Waals surface area (Å²) in [5.41, 5.74) is 0.891. The minimum atomic E-state index is -2.27. The van der Waals surface area contributed by atoms with E-state index in [0.29, 0.717) is 4.88 Å². The van der Waals surface area contributed by atoms with Crippen molar-refractivity contribution in [1.29, 1.82) is 0 Å². The molecule has 0 aliphatic rings. The summed E-state index contributed by atoms with van der Waals surface area (Å²) >= 11 is -0.879. The number of rotatable bonds is 2. The minimum absolute atomic E-state index is 0. The molecule has 6 heteroatoms. The number of hydrogen-bond donors (Lipinski definition) is 0. The van der Waals surface area contributed by atoms with Gasteiger partial charge in [-0.2, -0.15) is 0 Å². The van der Waals surface area contributed by atoms with Gasteiger partial charge in [0.25, 0.3) is 0 Å². The Bertz CT molecular complexity index is 499. The smallest absolute Gasteiger partial charge is 0.767 e. The number of aryl methyl sites for hydroxylation is 1. The van der Waals surface area contributed by atoms with Gasteiger partial charge in [-0.1, -0.05) is 30.3 Å². The zero-order valence-electron chi connectivity index (χ0n) is 8.97. The molecule has 0 fully saturated rings. The van der Waals surface area contributed by atoms with Crippen molar-refractivity contribution in [2.75, 3.05) is 0 Å². The van der Waals surface area contributed by atoms with E-state index >= 15 is 0 Å². The number of nitrogens with zero attached hydrogens (tertiary/aromatic N) is 1. The van der Waals surface area contributed by atoms with Crippen molar-refractivity contribution in [1.82, 2.24) is 4.98 Å². The van der Waals surface area contributed by atoms with Gasteiger partial charge in [0.1, 0.15) is 5.03 Å². The molecule has 0 aliphatic carbocycles. The van der Waals surface area contributed by atoms with Crippen molar-refractivity contribution in [2.45, 2.75) is 11.9 Å². The Labute approximate surface area is 123 Å². The molecule has 2 rings (SSSR count). The molecule has 1 aromatic carbocycles. The first-order valence-electron chi connectivity index (χ1n) is 4.30. The molecule has 78 valence electrons. The molecule has 0 amide bonds. The number of hydrogen-bond acceptors (Lipinski definition) is 4. The second-order valence-corrected chi connectivity index (χ2v) is 5.03. The normalized spacial score (nSPS) is 11.9. The molecule has 0 aliphatic heterocycles. The maximum Gasteiger partial charge on any atom is 1.00 e. The van der Waals surface area contributed by atoms with E-state index in [1.165, 1.54) is 11.3 Å². The third kappa shape index (κ3) is 3.00. The number of thiazole rings is 1. The Morgan fingerprint density at radius 1 is 1.31 bits per heavy atom. The van der Waals surface area contributed by atoms with Gasteiger partial charge >= 0.3 is 29.6 Å². The van der Waals surface area contributed by atoms with Crippen LogP contribution in [0.1, 0.15) is 5.01 Å². The molecule has 1 unspecified atom stereocenters. The second kappa shape index (κ2) is 6.05. The van der Waals surface area contributed by atoms with Gasteiger partial charge in [0, 0.05) is 0 Å². The van der Waals surface area contributed by atoms with Gasteiger partial charge in [-0.05, 0) is 23.6 Å². The molecule has 1 atom stereocenters. The summed E-state index contributed by atoms with van der Waals surface area (Å²) in [5.74, 6) is 0. The van der Waals surface area contributed by atoms with Crippen LogP contribution in [-0.4, -0.2) is 13.7 Å². The van der Waals surface area contributed by atoms with Crippen molar-refractivity contribution in [3.05, 3.63) is 35.3 Å². The van der Waals surface area contributed by atoms with Crippen LogP contribution >= 0.6 is 11.3 Å². The van der Waals surface area contributed by atoms with Crippen LogP contribution in [0.4, 0.5) is 0 Å². The zero-order valence-corrected chi connectivity index (χ0v) is 12.6. The van der Waals surface area contributed by atoms with Gasteiger partial charge in [-0.3, -0.25) is 4.21 Å². The Kier molecular flexibility index (Phi) is 5.30. The van der Waals surface area contributed by atoms with E-state index in [-0.39, 0.29) is 34.6 Å². The van der Waals surface area contributed by atoms with E-state index in [4.69, 9.17) is 0 Å². The summed E-state index contributed by atoms with van der Waals surface area (Å²) in [5, 5.41) is 0.900. The van der Waals surface area contributed by atoms with E-state index in [2.05, 4.69) is 4.98 Å². The van der Waals surface area contributed by atoms with Gasteiger partial charge < -0.3 is 4.55 Å². The fraction of sp³-hybridized carbons (Fsp3) is 0.100. The van der Waals surface area contributed by atoms with E-state index in [9.17, 15) is 8.76 Å². The van der Waals surface area contributed by atoms with Crippen LogP contribution in [0.15, 0.2) is 35.4 Å². The molecule has 0 bridgehead atoms. The molecule has 1 aromatic heterocycles. The molecule has 0 saturated carbocycles. The minimum Gasteiger partial charge on any atom is -0.767 e. The topological polar surface area (TPSA) is 53.0 Å². The van der Waals surface area contributed by atoms with Crippen LogP contribution in [0.3, 0.4) is 0 Å². The first-order valence-corrected chi connectivity index (χ1v) is 6.20. The van der Waals surface area contributed by atoms with E-state index < -0.39 is 11.1 Å². The quantitative estimate of drug-likeness (QED) is 0.534. The molecule has 1 heterocycles. The maximum atomic E-state index is 11.0. The van der Waals surface area contributed by atoms with Crippen molar-refractivity contribution in [3.8, 4) is 10.4 Å². The van der Waals surface area contributed by atoms with E-state index in [1.807, 2.05) is 30.3 Å². The van der Waals surface area contributed by atoms with E-state index in [1.54, 1.807) is 6.92 Å². The molecular weight excluding hydrogens is 253 g/mol. The Morgan fingerprint density at radius 3 is 2.50 bits per heavy atom. The molecule has 2 aromatic rings. The Morgan fingerprint density at radius 2 is 1.94 bits per heavy atom. The van der Waals surface area contributed by atoms with Gasteiger partial charge in [0.2, 0.25) is 0 Å². The Balaban J connectivity index is 0.00000128.